The van der Waals surface area contributed by atoms with Crippen molar-refractivity contribution < 1.29 is 30.5 Å². The van der Waals surface area contributed by atoms with E-state index in [0.717, 1.165) is 4.68 Å². The number of rotatable bonds is 6. The van der Waals surface area contributed by atoms with Gasteiger partial charge in [-0.05, 0) is 37.2 Å². The van der Waals surface area contributed by atoms with Crippen LogP contribution in [-0.2, 0) is 6.54 Å². The molecule has 1 N–H and O–H groups in total. The maximum Gasteiger partial charge on any atom is 0.280 e. The predicted octanol–water partition coefficient (Wildman–Crippen LogP) is 3.17. The highest BCUT2D eigenvalue weighted by atomic mass is 19.3. The molecule has 3 aromatic heterocycles. The van der Waals surface area contributed by atoms with Gasteiger partial charge in [-0.1, -0.05) is 11.3 Å². The molecule has 1 aliphatic heterocycles. The molecule has 0 spiro atoms. The van der Waals surface area contributed by atoms with Crippen LogP contribution < -0.4 is 10.1 Å². The summed E-state index contributed by atoms with van der Waals surface area (Å²) in [6.07, 6.45) is -1.49. The fourth-order valence-corrected chi connectivity index (χ4v) is 4.03. The maximum absolute atomic E-state index is 14.9. The molecule has 1 atom stereocenters. The van der Waals surface area contributed by atoms with E-state index in [1.54, 1.807) is 18.2 Å². The van der Waals surface area contributed by atoms with Crippen molar-refractivity contribution in [3.8, 4) is 17.0 Å². The smallest absolute Gasteiger partial charge is 0.280 e. The second kappa shape index (κ2) is 8.38. The molecular weight excluding hydrogens is 456 g/mol. The number of hydrogen-bond donors (Lipinski definition) is 1. The van der Waals surface area contributed by atoms with Crippen molar-refractivity contribution in [2.75, 3.05) is 32.4 Å². The molecule has 0 bridgehead atoms. The van der Waals surface area contributed by atoms with Crippen LogP contribution in [0.25, 0.3) is 27.7 Å². The van der Waals surface area contributed by atoms with Crippen LogP contribution in [0.5, 0.6) is 5.88 Å². The normalized spacial score (nSPS) is 22.1. The summed E-state index contributed by atoms with van der Waals surface area (Å²) in [5.41, 5.74) is 1.57. The molecule has 180 valence electrons. The van der Waals surface area contributed by atoms with E-state index in [1.165, 1.54) is 16.8 Å². The van der Waals surface area contributed by atoms with E-state index in [9.17, 15) is 17.6 Å². The topological polar surface area (TPSA) is 85.4 Å². The number of alkyl halides is 4. The van der Waals surface area contributed by atoms with Gasteiger partial charge in [0.15, 0.2) is 0 Å². The summed E-state index contributed by atoms with van der Waals surface area (Å²) in [4.78, 5) is 4.77. The number of nitrogens with one attached hydrogen (secondary N) is 1. The van der Waals surface area contributed by atoms with Gasteiger partial charge in [-0.15, -0.1) is 10.2 Å². The number of aromatic nitrogens is 6. The quantitative estimate of drug-likeness (QED) is 0.421. The van der Waals surface area contributed by atoms with Crippen LogP contribution in [0.1, 0.15) is 14.6 Å². The van der Waals surface area contributed by atoms with E-state index in [0.29, 0.717) is 27.1 Å². The van der Waals surface area contributed by atoms with Crippen LogP contribution in [-0.4, -0.2) is 80.0 Å². The first-order valence-corrected chi connectivity index (χ1v) is 10.2. The van der Waals surface area contributed by atoms with E-state index >= 15 is 0 Å². The fourth-order valence-electron chi connectivity index (χ4n) is 4.03. The molecule has 0 radical (unpaired) electrons. The Morgan fingerprint density at radius 2 is 2.21 bits per heavy atom. The lowest BCUT2D eigenvalue weighted by Gasteiger charge is -2.36. The van der Waals surface area contributed by atoms with E-state index in [4.69, 9.17) is 13.0 Å². The molecule has 0 amide bonds. The van der Waals surface area contributed by atoms with Crippen LogP contribution in [0.4, 0.5) is 23.5 Å². The number of hydrogen-bond acceptors (Lipinski definition) is 7. The fraction of sp³-hybridized carbons (Fsp3) is 0.429. The van der Waals surface area contributed by atoms with E-state index < -0.39 is 51.4 Å². The van der Waals surface area contributed by atoms with Crippen LogP contribution in [0.2, 0.25) is 0 Å². The van der Waals surface area contributed by atoms with Crippen LogP contribution in [0.3, 0.4) is 0 Å². The van der Waals surface area contributed by atoms with Crippen LogP contribution >= 0.6 is 0 Å². The Balaban J connectivity index is 1.53. The highest BCUT2D eigenvalue weighted by molar-refractivity contribution is 5.89. The third-order valence-electron chi connectivity index (χ3n) is 5.61. The van der Waals surface area contributed by atoms with Gasteiger partial charge >= 0.3 is 0 Å². The number of piperidine rings is 1. The van der Waals surface area contributed by atoms with Gasteiger partial charge in [0, 0.05) is 22.4 Å². The number of ether oxygens (including phenoxy) is 1. The average molecular weight is 484 g/mol. The zero-order chi connectivity index (χ0) is 29.0. The molecule has 0 unspecified atom stereocenters. The van der Waals surface area contributed by atoms with Crippen LogP contribution in [0, 0.1) is 0 Å². The van der Waals surface area contributed by atoms with Crippen molar-refractivity contribution in [1.29, 1.82) is 0 Å². The van der Waals surface area contributed by atoms with Crippen molar-refractivity contribution in [2.24, 2.45) is 0 Å². The molecule has 4 aromatic rings. The lowest BCUT2D eigenvalue weighted by Crippen LogP contribution is -2.53. The molecule has 1 fully saturated rings. The Hall–Kier alpha value is -3.48. The minimum Gasteiger partial charge on any atom is -0.479 e. The molecule has 4 heterocycles. The third kappa shape index (κ3) is 4.00. The van der Waals surface area contributed by atoms with Gasteiger partial charge in [0.2, 0.25) is 11.8 Å². The Labute approximate surface area is 199 Å². The Bertz CT molecular complexity index is 1540. The van der Waals surface area contributed by atoms with Gasteiger partial charge in [-0.2, -0.15) is 4.98 Å². The first-order chi connectivity index (χ1) is 18.6. The number of likely N-dealkylation sites (tertiary alicyclic amines) is 1. The minimum atomic E-state index is -3.47. The zero-order valence-corrected chi connectivity index (χ0v) is 17.4. The summed E-state index contributed by atoms with van der Waals surface area (Å²) in [7, 11) is -2.97. The summed E-state index contributed by atoms with van der Waals surface area (Å²) < 4.78 is 108. The zero-order valence-electron chi connectivity index (χ0n) is 23.4. The summed E-state index contributed by atoms with van der Waals surface area (Å²) in [6.45, 7) is -4.52. The molecule has 34 heavy (non-hydrogen) atoms. The standard InChI is InChI=1S/C21H22F4N8O/c1-31-7-6-16(21(24,25)11-31)26-20-27-19(34-2)18-13(5-8-32(18)29-20)12-3-4-14-15(9-12)33(30-28-14)10-17(22)23/h3-5,8-9,16-17H,6-7,10-11H2,1-2H3,(H,26,29)/t16-/m1/s1/i1D3,2D3. The van der Waals surface area contributed by atoms with Gasteiger partial charge in [-0.25, -0.2) is 26.8 Å². The Morgan fingerprint density at radius 3 is 2.97 bits per heavy atom. The molecular formula is C21H22F4N8O. The highest BCUT2D eigenvalue weighted by Crippen LogP contribution is 2.34. The predicted molar refractivity (Wildman–Crippen MR) is 117 cm³/mol. The second-order valence-corrected chi connectivity index (χ2v) is 7.90. The molecule has 0 aliphatic carbocycles. The maximum atomic E-state index is 14.9. The summed E-state index contributed by atoms with van der Waals surface area (Å²) in [5, 5.41) is 14.3. The highest BCUT2D eigenvalue weighted by Gasteiger charge is 2.44. The van der Waals surface area contributed by atoms with Crippen molar-refractivity contribution in [1.82, 2.24) is 34.5 Å². The molecule has 5 rings (SSSR count). The van der Waals surface area contributed by atoms with Gasteiger partial charge in [0.25, 0.3) is 12.3 Å². The molecule has 13 heteroatoms. The number of halogens is 4. The van der Waals surface area contributed by atoms with Crippen molar-refractivity contribution in [3.63, 3.8) is 0 Å². The third-order valence-corrected chi connectivity index (χ3v) is 5.61. The van der Waals surface area contributed by atoms with E-state index in [1.807, 2.05) is 0 Å². The summed E-state index contributed by atoms with van der Waals surface area (Å²) in [5.74, 6) is -4.28. The Kier molecular flexibility index (Phi) is 3.99. The molecule has 1 saturated heterocycles. The minimum absolute atomic E-state index is 0.0814. The Morgan fingerprint density at radius 1 is 1.32 bits per heavy atom. The number of nitrogens with zero attached hydrogens (tertiary/aromatic N) is 7. The lowest BCUT2D eigenvalue weighted by atomic mass is 10.0. The van der Waals surface area contributed by atoms with Crippen molar-refractivity contribution >= 4 is 22.5 Å². The second-order valence-electron chi connectivity index (χ2n) is 7.90. The van der Waals surface area contributed by atoms with Crippen molar-refractivity contribution in [3.05, 3.63) is 30.5 Å². The monoisotopic (exact) mass is 484 g/mol. The summed E-state index contributed by atoms with van der Waals surface area (Å²) >= 11 is 0. The van der Waals surface area contributed by atoms with Gasteiger partial charge < -0.3 is 15.0 Å². The van der Waals surface area contributed by atoms with E-state index in [2.05, 4.69) is 25.7 Å². The van der Waals surface area contributed by atoms with Gasteiger partial charge in [0.1, 0.15) is 17.6 Å². The number of anilines is 1. The SMILES string of the molecule is [2H]C([2H])([2H])Oc1nc(N[C@@H]2CCN(C([2H])([2H])[2H])CC2(F)F)nn2ccc(-c3ccc4nnn(CC(F)F)c4c3)c12. The summed E-state index contributed by atoms with van der Waals surface area (Å²) in [6, 6.07) is 4.72. The molecule has 9 nitrogen and oxygen atoms in total. The average Bonchev–Trinajstić information content (AvgIpc) is 3.42. The number of fused-ring (bicyclic) bond motifs is 2. The lowest BCUT2D eigenvalue weighted by molar-refractivity contribution is -0.0675. The van der Waals surface area contributed by atoms with Gasteiger partial charge in [-0.3, -0.25) is 0 Å². The van der Waals surface area contributed by atoms with E-state index in [-0.39, 0.29) is 24.4 Å². The number of methoxy groups -OCH3 is 1. The molecule has 1 aliphatic rings. The first kappa shape index (κ1) is 16.2. The van der Waals surface area contributed by atoms with Crippen LogP contribution in [0.15, 0.2) is 30.5 Å². The molecule has 1 aromatic carbocycles. The van der Waals surface area contributed by atoms with Crippen molar-refractivity contribution in [2.45, 2.75) is 31.4 Å². The molecule has 0 saturated carbocycles. The number of benzene rings is 1. The largest absolute Gasteiger partial charge is 0.479 e. The van der Waals surface area contributed by atoms with Gasteiger partial charge in [0.05, 0.1) is 29.3 Å². The first-order valence-electron chi connectivity index (χ1n) is 13.2.